The van der Waals surface area contributed by atoms with Crippen LogP contribution in [0.2, 0.25) is 0 Å². The Morgan fingerprint density at radius 1 is 1.09 bits per heavy atom. The molecule has 4 rings (SSSR count). The molecule has 1 saturated heterocycles. The number of carbonyl (C=O) groups excluding carboxylic acids is 3. The summed E-state index contributed by atoms with van der Waals surface area (Å²) in [7, 11) is 0. The maximum atomic E-state index is 12.5. The molecule has 3 amide bonds. The van der Waals surface area contributed by atoms with Gasteiger partial charge in [0.05, 0.1) is 11.1 Å². The minimum absolute atomic E-state index is 0.0449. The predicted octanol–water partition coefficient (Wildman–Crippen LogP) is 1.73. The van der Waals surface area contributed by atoms with Gasteiger partial charge < -0.3 is 5.32 Å². The highest BCUT2D eigenvalue weighted by molar-refractivity contribution is 6.21. The molecule has 1 aromatic carbocycles. The number of nitrogens with one attached hydrogen (secondary N) is 1. The van der Waals surface area contributed by atoms with Crippen molar-refractivity contribution in [2.45, 2.75) is 38.1 Å². The topological polar surface area (TPSA) is 66.5 Å². The van der Waals surface area contributed by atoms with E-state index in [1.54, 1.807) is 24.3 Å². The fraction of sp³-hybridized carbons (Fsp3) is 0.471. The summed E-state index contributed by atoms with van der Waals surface area (Å²) in [5.74, 6) is -0.402. The lowest BCUT2D eigenvalue weighted by atomic mass is 9.70. The summed E-state index contributed by atoms with van der Waals surface area (Å²) in [5, 5.41) is 3.03. The monoisotopic (exact) mass is 298 g/mol. The first-order chi connectivity index (χ1) is 10.6. The van der Waals surface area contributed by atoms with Crippen LogP contribution >= 0.6 is 0 Å². The van der Waals surface area contributed by atoms with E-state index in [1.807, 2.05) is 0 Å². The van der Waals surface area contributed by atoms with Crippen molar-refractivity contribution >= 4 is 17.7 Å². The average Bonchev–Trinajstić information content (AvgIpc) is 2.97. The maximum absolute atomic E-state index is 12.5. The second-order valence-corrected chi connectivity index (χ2v) is 6.65. The van der Waals surface area contributed by atoms with Gasteiger partial charge >= 0.3 is 0 Å². The largest absolute Gasteiger partial charge is 0.353 e. The standard InChI is InChI=1S/C17H18N2O3/c20-14-9-17(8-4-3-7-13(17)18-14)10-19-15(21)11-5-1-2-6-12(11)16(19)22/h1-2,5-6,13H,3-4,7-10H2,(H,18,20). The van der Waals surface area contributed by atoms with Crippen LogP contribution in [0.3, 0.4) is 0 Å². The fourth-order valence-electron chi connectivity index (χ4n) is 4.25. The van der Waals surface area contributed by atoms with E-state index in [2.05, 4.69) is 5.32 Å². The third kappa shape index (κ3) is 1.81. The molecule has 2 atom stereocenters. The average molecular weight is 298 g/mol. The van der Waals surface area contributed by atoms with E-state index in [9.17, 15) is 14.4 Å². The quantitative estimate of drug-likeness (QED) is 0.846. The molecule has 1 aliphatic carbocycles. The first-order valence-corrected chi connectivity index (χ1v) is 7.85. The molecule has 5 heteroatoms. The van der Waals surface area contributed by atoms with Gasteiger partial charge in [0.25, 0.3) is 11.8 Å². The predicted molar refractivity (Wildman–Crippen MR) is 79.3 cm³/mol. The molecule has 5 nitrogen and oxygen atoms in total. The van der Waals surface area contributed by atoms with Crippen LogP contribution in [0.5, 0.6) is 0 Å². The van der Waals surface area contributed by atoms with Gasteiger partial charge in [-0.3, -0.25) is 19.3 Å². The Labute approximate surface area is 128 Å². The van der Waals surface area contributed by atoms with Crippen LogP contribution in [0.1, 0.15) is 52.8 Å². The van der Waals surface area contributed by atoms with E-state index in [4.69, 9.17) is 0 Å². The van der Waals surface area contributed by atoms with Crippen LogP contribution in [-0.4, -0.2) is 35.2 Å². The van der Waals surface area contributed by atoms with Crippen molar-refractivity contribution in [2.75, 3.05) is 6.54 Å². The lowest BCUT2D eigenvalue weighted by Crippen LogP contribution is -2.48. The molecule has 114 valence electrons. The van der Waals surface area contributed by atoms with Gasteiger partial charge in [-0.15, -0.1) is 0 Å². The zero-order chi connectivity index (χ0) is 15.3. The molecule has 1 N–H and O–H groups in total. The van der Waals surface area contributed by atoms with Crippen molar-refractivity contribution in [1.82, 2.24) is 10.2 Å². The first kappa shape index (κ1) is 13.5. The maximum Gasteiger partial charge on any atom is 0.261 e. The third-order valence-electron chi connectivity index (χ3n) is 5.36. The minimum Gasteiger partial charge on any atom is -0.353 e. The van der Waals surface area contributed by atoms with Crippen LogP contribution in [0.4, 0.5) is 0 Å². The summed E-state index contributed by atoms with van der Waals surface area (Å²) < 4.78 is 0. The Kier molecular flexibility index (Phi) is 2.86. The molecule has 0 bridgehead atoms. The summed E-state index contributed by atoms with van der Waals surface area (Å²) in [6.45, 7) is 0.350. The Morgan fingerprint density at radius 2 is 1.77 bits per heavy atom. The lowest BCUT2D eigenvalue weighted by Gasteiger charge is -2.40. The highest BCUT2D eigenvalue weighted by atomic mass is 16.2. The van der Waals surface area contributed by atoms with Gasteiger partial charge in [0.1, 0.15) is 0 Å². The fourth-order valence-corrected chi connectivity index (χ4v) is 4.25. The molecule has 2 unspecified atom stereocenters. The summed E-state index contributed by atoms with van der Waals surface area (Å²) in [6, 6.07) is 7.04. The molecule has 2 heterocycles. The molecule has 2 aliphatic heterocycles. The first-order valence-electron chi connectivity index (χ1n) is 7.85. The molecule has 2 fully saturated rings. The Hall–Kier alpha value is -2.17. The van der Waals surface area contributed by atoms with Gasteiger partial charge in [-0.25, -0.2) is 0 Å². The highest BCUT2D eigenvalue weighted by Crippen LogP contribution is 2.44. The molecule has 1 aromatic rings. The van der Waals surface area contributed by atoms with Crippen molar-refractivity contribution < 1.29 is 14.4 Å². The van der Waals surface area contributed by atoms with Crippen molar-refractivity contribution in [3.8, 4) is 0 Å². The van der Waals surface area contributed by atoms with Crippen LogP contribution in [-0.2, 0) is 4.79 Å². The minimum atomic E-state index is -0.275. The number of hydrogen-bond acceptors (Lipinski definition) is 3. The second-order valence-electron chi connectivity index (χ2n) is 6.65. The van der Waals surface area contributed by atoms with E-state index in [0.717, 1.165) is 25.7 Å². The zero-order valence-corrected chi connectivity index (χ0v) is 12.3. The van der Waals surface area contributed by atoms with Gasteiger partial charge in [-0.1, -0.05) is 25.0 Å². The van der Waals surface area contributed by atoms with Crippen molar-refractivity contribution in [3.05, 3.63) is 35.4 Å². The van der Waals surface area contributed by atoms with E-state index in [0.29, 0.717) is 24.1 Å². The van der Waals surface area contributed by atoms with Gasteiger partial charge in [0, 0.05) is 24.4 Å². The molecular weight excluding hydrogens is 280 g/mol. The third-order valence-corrected chi connectivity index (χ3v) is 5.36. The van der Waals surface area contributed by atoms with Gasteiger partial charge in [0.2, 0.25) is 5.91 Å². The van der Waals surface area contributed by atoms with Crippen molar-refractivity contribution in [3.63, 3.8) is 0 Å². The Balaban J connectivity index is 1.65. The summed E-state index contributed by atoms with van der Waals surface area (Å²) in [5.41, 5.74) is 0.685. The molecule has 0 aromatic heterocycles. The molecule has 0 radical (unpaired) electrons. The lowest BCUT2D eigenvalue weighted by molar-refractivity contribution is -0.119. The van der Waals surface area contributed by atoms with Crippen LogP contribution in [0, 0.1) is 5.41 Å². The van der Waals surface area contributed by atoms with Crippen LogP contribution in [0.15, 0.2) is 24.3 Å². The molecule has 1 saturated carbocycles. The number of hydrogen-bond donors (Lipinski definition) is 1. The molecular formula is C17H18N2O3. The zero-order valence-electron chi connectivity index (χ0n) is 12.3. The van der Waals surface area contributed by atoms with Crippen LogP contribution < -0.4 is 5.32 Å². The van der Waals surface area contributed by atoms with Crippen molar-refractivity contribution in [2.24, 2.45) is 5.41 Å². The second kappa shape index (κ2) is 4.66. The number of nitrogens with zero attached hydrogens (tertiary/aromatic N) is 1. The number of benzene rings is 1. The van der Waals surface area contributed by atoms with E-state index in [1.165, 1.54) is 4.90 Å². The number of amides is 3. The van der Waals surface area contributed by atoms with Gasteiger partial charge in [-0.2, -0.15) is 0 Å². The summed E-state index contributed by atoms with van der Waals surface area (Å²) >= 11 is 0. The SMILES string of the molecule is O=C1CC2(CN3C(=O)c4ccccc4C3=O)CCCCC2N1. The van der Waals surface area contributed by atoms with Crippen molar-refractivity contribution in [1.29, 1.82) is 0 Å². The van der Waals surface area contributed by atoms with Gasteiger partial charge in [0.15, 0.2) is 0 Å². The number of rotatable bonds is 2. The number of carbonyl (C=O) groups is 3. The van der Waals surface area contributed by atoms with E-state index < -0.39 is 0 Å². The Morgan fingerprint density at radius 3 is 2.45 bits per heavy atom. The summed E-state index contributed by atoms with van der Waals surface area (Å²) in [6.07, 6.45) is 4.40. The van der Waals surface area contributed by atoms with E-state index in [-0.39, 0.29) is 29.2 Å². The van der Waals surface area contributed by atoms with Crippen LogP contribution in [0.25, 0.3) is 0 Å². The molecule has 3 aliphatic rings. The number of fused-ring (bicyclic) bond motifs is 2. The molecule has 0 spiro atoms. The number of imide groups is 1. The van der Waals surface area contributed by atoms with Gasteiger partial charge in [-0.05, 0) is 25.0 Å². The van der Waals surface area contributed by atoms with E-state index >= 15 is 0 Å². The smallest absolute Gasteiger partial charge is 0.261 e. The highest BCUT2D eigenvalue weighted by Gasteiger charge is 2.51. The molecule has 22 heavy (non-hydrogen) atoms. The Bertz CT molecular complexity index is 649. The normalized spacial score (nSPS) is 30.3. The summed E-state index contributed by atoms with van der Waals surface area (Å²) in [4.78, 5) is 38.3.